The lowest BCUT2D eigenvalue weighted by Gasteiger charge is -2.29. The molecular weight excluding hydrogens is 699 g/mol. The Balaban J connectivity index is 1.10. The smallest absolute Gasteiger partial charge is 0.0463 e. The highest BCUT2D eigenvalue weighted by Gasteiger charge is 2.18. The summed E-state index contributed by atoms with van der Waals surface area (Å²) in [4.78, 5) is 9.45. The molecule has 0 N–H and O–H groups in total. The first-order chi connectivity index (χ1) is 27.8. The number of hydrogen-bond donors (Lipinski definition) is 0. The molecule has 9 aromatic rings. The molecule has 0 aliphatic heterocycles. The van der Waals surface area contributed by atoms with Crippen LogP contribution in [0.2, 0.25) is 0 Å². The Morgan fingerprint density at radius 2 is 0.411 bits per heavy atom. The third-order valence-electron chi connectivity index (χ3n) is 9.86. The number of thiophene rings is 1. The highest BCUT2D eigenvalue weighted by Crippen LogP contribution is 2.42. The fourth-order valence-corrected chi connectivity index (χ4v) is 8.19. The van der Waals surface area contributed by atoms with E-state index in [1.165, 1.54) is 20.9 Å². The maximum Gasteiger partial charge on any atom is 0.0463 e. The maximum atomic E-state index is 2.34. The van der Waals surface area contributed by atoms with E-state index in [2.05, 4.69) is 251 Å². The Hall–Kier alpha value is -7.14. The Morgan fingerprint density at radius 1 is 0.196 bits per heavy atom. The molecule has 0 aliphatic rings. The molecule has 0 amide bonds. The fraction of sp³-hybridized carbons (Fsp3) is 0. The van der Waals surface area contributed by atoms with E-state index in [-0.39, 0.29) is 0 Å². The minimum Gasteiger partial charge on any atom is -0.311 e. The van der Waals surface area contributed by atoms with Gasteiger partial charge in [0.2, 0.25) is 0 Å². The number of nitrogens with zero attached hydrogens (tertiary/aromatic N) is 3. The molecule has 1 aromatic heterocycles. The Kier molecular flexibility index (Phi) is 9.94. The van der Waals surface area contributed by atoms with Crippen LogP contribution >= 0.6 is 11.3 Å². The molecule has 0 spiro atoms. The van der Waals surface area contributed by atoms with E-state index in [0.717, 1.165) is 51.2 Å². The van der Waals surface area contributed by atoms with Gasteiger partial charge in [-0.05, 0) is 132 Å². The van der Waals surface area contributed by atoms with Gasteiger partial charge in [0.15, 0.2) is 0 Å². The Labute approximate surface area is 333 Å². The first-order valence-corrected chi connectivity index (χ1v) is 19.7. The van der Waals surface area contributed by atoms with Gasteiger partial charge < -0.3 is 14.7 Å². The summed E-state index contributed by atoms with van der Waals surface area (Å²) >= 11 is 1.82. The van der Waals surface area contributed by atoms with Crippen LogP contribution < -0.4 is 14.7 Å². The summed E-state index contributed by atoms with van der Waals surface area (Å²) in [6.07, 6.45) is 0. The molecule has 0 aliphatic carbocycles. The fourth-order valence-electron chi connectivity index (χ4n) is 7.18. The van der Waals surface area contributed by atoms with Gasteiger partial charge in [0, 0.05) is 60.9 Å². The molecule has 0 atom stereocenters. The number of rotatable bonds is 11. The number of benzene rings is 8. The molecule has 0 unspecified atom stereocenters. The molecule has 4 heteroatoms. The van der Waals surface area contributed by atoms with Crippen molar-refractivity contribution in [2.75, 3.05) is 14.7 Å². The van der Waals surface area contributed by atoms with Gasteiger partial charge in [-0.2, -0.15) is 0 Å². The third-order valence-corrected chi connectivity index (χ3v) is 11.0. The highest BCUT2D eigenvalue weighted by atomic mass is 32.1. The quantitative estimate of drug-likeness (QED) is 0.131. The van der Waals surface area contributed by atoms with E-state index in [1.54, 1.807) is 0 Å². The summed E-state index contributed by atoms with van der Waals surface area (Å²) in [5.74, 6) is 0. The second kappa shape index (κ2) is 16.1. The van der Waals surface area contributed by atoms with Crippen molar-refractivity contribution in [2.45, 2.75) is 0 Å². The van der Waals surface area contributed by atoms with Crippen LogP contribution in [0.1, 0.15) is 0 Å². The first kappa shape index (κ1) is 34.6. The minimum absolute atomic E-state index is 1.07. The average molecular weight is 738 g/mol. The zero-order valence-electron chi connectivity index (χ0n) is 30.8. The molecule has 268 valence electrons. The van der Waals surface area contributed by atoms with E-state index < -0.39 is 0 Å². The molecule has 1 heterocycles. The van der Waals surface area contributed by atoms with Gasteiger partial charge in [0.1, 0.15) is 0 Å². The molecule has 9 rings (SSSR count). The first-order valence-electron chi connectivity index (χ1n) is 18.8. The van der Waals surface area contributed by atoms with Crippen LogP contribution in [0.15, 0.2) is 237 Å². The molecule has 0 saturated heterocycles. The molecule has 8 aromatic carbocycles. The van der Waals surface area contributed by atoms with E-state index in [4.69, 9.17) is 0 Å². The van der Waals surface area contributed by atoms with Crippen LogP contribution in [0.3, 0.4) is 0 Å². The van der Waals surface area contributed by atoms with Gasteiger partial charge in [-0.3, -0.25) is 0 Å². The molecular formula is C52H39N3S. The predicted octanol–water partition coefficient (Wildman–Crippen LogP) is 15.5. The zero-order chi connectivity index (χ0) is 37.5. The molecule has 0 fully saturated rings. The summed E-state index contributed by atoms with van der Waals surface area (Å²) in [6.45, 7) is 0. The van der Waals surface area contributed by atoms with Crippen LogP contribution in [0.5, 0.6) is 0 Å². The van der Waals surface area contributed by atoms with Crippen molar-refractivity contribution in [3.8, 4) is 20.9 Å². The van der Waals surface area contributed by atoms with Crippen molar-refractivity contribution < 1.29 is 0 Å². The number of para-hydroxylation sites is 4. The summed E-state index contributed by atoms with van der Waals surface area (Å²) in [6, 6.07) is 83.9. The SMILES string of the molecule is c1ccc(-c2ccc(-c3ccc(N(c4ccc(N(c5ccccc5)c5ccccc5)cc4)c4ccc(N(c5ccccc5)c5ccccc5)cc4)cc3)s2)cc1. The lowest BCUT2D eigenvalue weighted by molar-refractivity contribution is 1.24. The maximum absolute atomic E-state index is 2.34. The van der Waals surface area contributed by atoms with Crippen LogP contribution in [-0.4, -0.2) is 0 Å². The molecule has 3 nitrogen and oxygen atoms in total. The van der Waals surface area contributed by atoms with Crippen molar-refractivity contribution in [1.29, 1.82) is 0 Å². The Morgan fingerprint density at radius 3 is 0.696 bits per heavy atom. The van der Waals surface area contributed by atoms with Gasteiger partial charge in [0.05, 0.1) is 0 Å². The molecule has 56 heavy (non-hydrogen) atoms. The van der Waals surface area contributed by atoms with E-state index in [1.807, 2.05) is 11.3 Å². The van der Waals surface area contributed by atoms with Crippen molar-refractivity contribution in [1.82, 2.24) is 0 Å². The monoisotopic (exact) mass is 737 g/mol. The summed E-state index contributed by atoms with van der Waals surface area (Å²) in [5, 5.41) is 0. The number of anilines is 9. The molecule has 0 bridgehead atoms. The predicted molar refractivity (Wildman–Crippen MR) is 239 cm³/mol. The normalized spacial score (nSPS) is 10.9. The van der Waals surface area contributed by atoms with Gasteiger partial charge in [-0.25, -0.2) is 0 Å². The van der Waals surface area contributed by atoms with E-state index in [0.29, 0.717) is 0 Å². The Bertz CT molecular complexity index is 2390. The van der Waals surface area contributed by atoms with Gasteiger partial charge in [-0.1, -0.05) is 115 Å². The summed E-state index contributed by atoms with van der Waals surface area (Å²) in [7, 11) is 0. The van der Waals surface area contributed by atoms with E-state index >= 15 is 0 Å². The molecule has 0 saturated carbocycles. The van der Waals surface area contributed by atoms with E-state index in [9.17, 15) is 0 Å². The topological polar surface area (TPSA) is 9.72 Å². The van der Waals surface area contributed by atoms with Crippen LogP contribution in [0.25, 0.3) is 20.9 Å². The highest BCUT2D eigenvalue weighted by molar-refractivity contribution is 7.18. The average Bonchev–Trinajstić information content (AvgIpc) is 3.78. The van der Waals surface area contributed by atoms with Crippen molar-refractivity contribution in [2.24, 2.45) is 0 Å². The zero-order valence-corrected chi connectivity index (χ0v) is 31.6. The number of hydrogen-bond acceptors (Lipinski definition) is 4. The third kappa shape index (κ3) is 7.34. The molecule has 0 radical (unpaired) electrons. The standard InChI is InChI=1S/C52H39N3S/c1-6-16-40(17-7-1)51-38-39-52(56-51)41-26-28-46(29-27-41)55(49-34-30-47(31-35-49)53(42-18-8-2-9-19-42)43-20-10-3-11-21-43)50-36-32-48(33-37-50)54(44-22-12-4-13-23-44)45-24-14-5-15-25-45/h1-39H. The van der Waals surface area contributed by atoms with Gasteiger partial charge >= 0.3 is 0 Å². The lowest BCUT2D eigenvalue weighted by atomic mass is 10.1. The summed E-state index contributed by atoms with van der Waals surface area (Å²) in [5.41, 5.74) is 12.3. The largest absolute Gasteiger partial charge is 0.311 e. The van der Waals surface area contributed by atoms with Crippen molar-refractivity contribution >= 4 is 62.5 Å². The van der Waals surface area contributed by atoms with Gasteiger partial charge in [0.25, 0.3) is 0 Å². The minimum atomic E-state index is 1.07. The van der Waals surface area contributed by atoms with Crippen molar-refractivity contribution in [3.05, 3.63) is 237 Å². The van der Waals surface area contributed by atoms with Crippen LogP contribution in [-0.2, 0) is 0 Å². The van der Waals surface area contributed by atoms with Gasteiger partial charge in [-0.15, -0.1) is 11.3 Å². The van der Waals surface area contributed by atoms with Crippen LogP contribution in [0, 0.1) is 0 Å². The summed E-state index contributed by atoms with van der Waals surface area (Å²) < 4.78 is 0. The second-order valence-corrected chi connectivity index (χ2v) is 14.5. The second-order valence-electron chi connectivity index (χ2n) is 13.5. The lowest BCUT2D eigenvalue weighted by Crippen LogP contribution is -2.13. The van der Waals surface area contributed by atoms with Crippen LogP contribution in [0.4, 0.5) is 51.2 Å². The van der Waals surface area contributed by atoms with Crippen molar-refractivity contribution in [3.63, 3.8) is 0 Å².